The van der Waals surface area contributed by atoms with E-state index in [0.717, 1.165) is 6.54 Å². The van der Waals surface area contributed by atoms with E-state index in [9.17, 15) is 0 Å². The second-order valence-electron chi connectivity index (χ2n) is 6.79. The predicted molar refractivity (Wildman–Crippen MR) is 109 cm³/mol. The van der Waals surface area contributed by atoms with Gasteiger partial charge in [-0.3, -0.25) is 0 Å². The zero-order valence-electron chi connectivity index (χ0n) is 17.3. The quantitative estimate of drug-likeness (QED) is 0.536. The van der Waals surface area contributed by atoms with Crippen molar-refractivity contribution >= 4 is 0 Å². The third-order valence-corrected chi connectivity index (χ3v) is 4.52. The molecule has 1 rings (SSSR count). The van der Waals surface area contributed by atoms with Crippen molar-refractivity contribution in [2.24, 2.45) is 0 Å². The normalized spacial score (nSPS) is 9.48. The van der Waals surface area contributed by atoms with Crippen LogP contribution in [0.15, 0.2) is 18.2 Å². The molecule has 0 saturated carbocycles. The van der Waals surface area contributed by atoms with Crippen LogP contribution in [0.2, 0.25) is 0 Å². The summed E-state index contributed by atoms with van der Waals surface area (Å²) in [5.74, 6) is 0. The number of rotatable bonds is 11. The van der Waals surface area contributed by atoms with Crippen LogP contribution in [0.25, 0.3) is 0 Å². The van der Waals surface area contributed by atoms with E-state index in [4.69, 9.17) is 0 Å². The van der Waals surface area contributed by atoms with Crippen LogP contribution in [0.3, 0.4) is 0 Å². The van der Waals surface area contributed by atoms with Crippen LogP contribution in [-0.2, 0) is 6.42 Å². The van der Waals surface area contributed by atoms with Crippen molar-refractivity contribution in [1.29, 1.82) is 0 Å². The molecule has 0 aliphatic carbocycles. The van der Waals surface area contributed by atoms with Gasteiger partial charge in [0.2, 0.25) is 0 Å². The van der Waals surface area contributed by atoms with Gasteiger partial charge in [0.05, 0.1) is 6.54 Å². The molecule has 1 aromatic carbocycles. The number of halogens is 1. The van der Waals surface area contributed by atoms with Gasteiger partial charge < -0.3 is 28.2 Å². The van der Waals surface area contributed by atoms with Crippen LogP contribution in [0.4, 0.5) is 0 Å². The van der Waals surface area contributed by atoms with Crippen LogP contribution in [-0.4, -0.2) is 12.0 Å². The molecular formula is C22H44BrNO. The maximum Gasteiger partial charge on any atom is 0.0711 e. The molecule has 0 unspecified atom stereocenters. The summed E-state index contributed by atoms with van der Waals surface area (Å²) in [5, 5.41) is 0. The molecule has 0 atom stereocenters. The highest BCUT2D eigenvalue weighted by Crippen LogP contribution is 2.16. The number of benzene rings is 1. The van der Waals surface area contributed by atoms with Gasteiger partial charge in [0, 0.05) is 0 Å². The number of hydrogen-bond acceptors (Lipinski definition) is 0. The van der Waals surface area contributed by atoms with Gasteiger partial charge in [0.15, 0.2) is 0 Å². The minimum absolute atomic E-state index is 0. The summed E-state index contributed by atoms with van der Waals surface area (Å²) in [6.45, 7) is 9.79. The molecule has 0 aromatic heterocycles. The third kappa shape index (κ3) is 16.8. The molecule has 0 amide bonds. The molecule has 0 radical (unpaired) electrons. The minimum Gasteiger partial charge on any atom is -1.00 e. The van der Waals surface area contributed by atoms with E-state index in [1.54, 1.807) is 5.56 Å². The van der Waals surface area contributed by atoms with Gasteiger partial charge in [0.25, 0.3) is 0 Å². The molecule has 0 fully saturated rings. The average molecular weight is 419 g/mol. The zero-order valence-corrected chi connectivity index (χ0v) is 18.9. The number of quaternary nitrogens is 1. The highest BCUT2D eigenvalue weighted by atomic mass is 79.9. The summed E-state index contributed by atoms with van der Waals surface area (Å²) in [6, 6.07) is 6.72. The lowest BCUT2D eigenvalue weighted by Gasteiger charge is -2.08. The van der Waals surface area contributed by atoms with Gasteiger partial charge >= 0.3 is 0 Å². The Morgan fingerprint density at radius 2 is 1.20 bits per heavy atom. The molecule has 25 heavy (non-hydrogen) atoms. The molecule has 1 aromatic rings. The van der Waals surface area contributed by atoms with E-state index in [2.05, 4.69) is 44.7 Å². The maximum absolute atomic E-state index is 3.49. The standard InChI is InChI=1S/C20H34.C2H7N.BrH.H2O/c1-4-5-6-7-8-9-10-11-12-13-16-20-17-14-15-18(2)19(20)3;1-2-3;;/h14-15,17H,4-13,16H2,1-3H3;2-3H2,1H3;1H;1H2. The Labute approximate surface area is 168 Å². The average Bonchev–Trinajstić information content (AvgIpc) is 2.54. The summed E-state index contributed by atoms with van der Waals surface area (Å²) in [7, 11) is 0. The Kier molecular flexibility index (Phi) is 25.5. The molecular weight excluding hydrogens is 374 g/mol. The van der Waals surface area contributed by atoms with Crippen LogP contribution in [0.1, 0.15) is 94.7 Å². The van der Waals surface area contributed by atoms with Crippen molar-refractivity contribution in [3.8, 4) is 0 Å². The topological polar surface area (TPSA) is 59.1 Å². The van der Waals surface area contributed by atoms with Gasteiger partial charge in [-0.05, 0) is 50.3 Å². The van der Waals surface area contributed by atoms with Gasteiger partial charge in [-0.25, -0.2) is 0 Å². The molecule has 0 saturated heterocycles. The largest absolute Gasteiger partial charge is 1.00 e. The fourth-order valence-corrected chi connectivity index (χ4v) is 2.89. The van der Waals surface area contributed by atoms with Crippen molar-refractivity contribution in [2.75, 3.05) is 6.54 Å². The Balaban J connectivity index is -0.000000900. The molecule has 3 heteroatoms. The summed E-state index contributed by atoms with van der Waals surface area (Å²) in [5.41, 5.74) is 7.99. The Morgan fingerprint density at radius 1 is 0.760 bits per heavy atom. The molecule has 150 valence electrons. The molecule has 0 aliphatic rings. The molecule has 0 bridgehead atoms. The van der Waals surface area contributed by atoms with E-state index >= 15 is 0 Å². The lowest BCUT2D eigenvalue weighted by atomic mass is 9.98. The second kappa shape index (κ2) is 21.7. The fraction of sp³-hybridized carbons (Fsp3) is 0.727. The molecule has 0 spiro atoms. The second-order valence-corrected chi connectivity index (χ2v) is 6.79. The maximum atomic E-state index is 3.49. The third-order valence-electron chi connectivity index (χ3n) is 4.52. The number of unbranched alkanes of at least 4 members (excludes halogenated alkanes) is 9. The van der Waals surface area contributed by atoms with Gasteiger partial charge in [0.1, 0.15) is 0 Å². The van der Waals surface area contributed by atoms with Crippen LogP contribution >= 0.6 is 0 Å². The highest BCUT2D eigenvalue weighted by Gasteiger charge is 2.00. The SMILES string of the molecule is CCCCCCCCCCCCc1cccc(C)c1C.CC[NH3+].O.[Br-]. The molecule has 0 heterocycles. The van der Waals surface area contributed by atoms with E-state index in [1.807, 2.05) is 6.92 Å². The van der Waals surface area contributed by atoms with Crippen LogP contribution in [0.5, 0.6) is 0 Å². The summed E-state index contributed by atoms with van der Waals surface area (Å²) in [6.07, 6.45) is 15.5. The number of aryl methyl sites for hydroxylation is 2. The van der Waals surface area contributed by atoms with E-state index in [-0.39, 0.29) is 22.5 Å². The predicted octanol–water partition coefficient (Wildman–Crippen LogP) is 2.19. The van der Waals surface area contributed by atoms with Crippen molar-refractivity contribution in [2.45, 2.75) is 98.3 Å². The van der Waals surface area contributed by atoms with E-state index < -0.39 is 0 Å². The van der Waals surface area contributed by atoms with Crippen LogP contribution < -0.4 is 22.7 Å². The first-order valence-electron chi connectivity index (χ1n) is 10.0. The zero-order chi connectivity index (χ0) is 17.3. The molecule has 0 aliphatic heterocycles. The monoisotopic (exact) mass is 417 g/mol. The lowest BCUT2D eigenvalue weighted by molar-refractivity contribution is -0.361. The summed E-state index contributed by atoms with van der Waals surface area (Å²) < 4.78 is 0. The summed E-state index contributed by atoms with van der Waals surface area (Å²) in [4.78, 5) is 0. The molecule has 2 nitrogen and oxygen atoms in total. The highest BCUT2D eigenvalue weighted by molar-refractivity contribution is 5.33. The smallest absolute Gasteiger partial charge is 0.0711 e. The summed E-state index contributed by atoms with van der Waals surface area (Å²) >= 11 is 0. The Bertz CT molecular complexity index is 382. The van der Waals surface area contributed by atoms with Crippen molar-refractivity contribution in [3.05, 3.63) is 34.9 Å². The molecule has 5 N–H and O–H groups in total. The van der Waals surface area contributed by atoms with Crippen molar-refractivity contribution < 1.29 is 28.2 Å². The minimum atomic E-state index is 0. The van der Waals surface area contributed by atoms with Crippen molar-refractivity contribution in [1.82, 2.24) is 0 Å². The fourth-order valence-electron chi connectivity index (χ4n) is 2.89. The Hall–Kier alpha value is -0.380. The first kappa shape index (κ1) is 29.4. The lowest BCUT2D eigenvalue weighted by Crippen LogP contribution is -3.00. The first-order chi connectivity index (χ1) is 11.2. The Morgan fingerprint density at radius 3 is 1.68 bits per heavy atom. The van der Waals surface area contributed by atoms with Gasteiger partial charge in [-0.15, -0.1) is 0 Å². The van der Waals surface area contributed by atoms with Crippen molar-refractivity contribution in [3.63, 3.8) is 0 Å². The van der Waals surface area contributed by atoms with Crippen LogP contribution in [0, 0.1) is 13.8 Å². The number of hydrogen-bond donors (Lipinski definition) is 1. The van der Waals surface area contributed by atoms with E-state index in [0.29, 0.717) is 0 Å². The van der Waals surface area contributed by atoms with Gasteiger partial charge in [-0.1, -0.05) is 82.9 Å². The van der Waals surface area contributed by atoms with Gasteiger partial charge in [-0.2, -0.15) is 0 Å². The van der Waals surface area contributed by atoms with E-state index in [1.165, 1.54) is 81.8 Å². The first-order valence-corrected chi connectivity index (χ1v) is 10.0.